The molecule has 0 radical (unpaired) electrons. The molecule has 2 aromatic carbocycles. The van der Waals surface area contributed by atoms with Crippen LogP contribution in [0.4, 0.5) is 18.9 Å². The van der Waals surface area contributed by atoms with Crippen LogP contribution in [-0.2, 0) is 17.5 Å². The second-order valence-electron chi connectivity index (χ2n) is 7.67. The average Bonchev–Trinajstić information content (AvgIpc) is 2.79. The van der Waals surface area contributed by atoms with Gasteiger partial charge in [0.1, 0.15) is 11.8 Å². The zero-order valence-corrected chi connectivity index (χ0v) is 19.7. The molecule has 0 aliphatic carbocycles. The van der Waals surface area contributed by atoms with E-state index in [1.807, 2.05) is 11.0 Å². The van der Waals surface area contributed by atoms with Crippen molar-refractivity contribution in [3.63, 3.8) is 0 Å². The third-order valence-electron chi connectivity index (χ3n) is 5.43. The Kier molecular flexibility index (Phi) is 8.35. The number of rotatable bonds is 7. The first-order chi connectivity index (χ1) is 15.7. The molecule has 10 heteroatoms. The van der Waals surface area contributed by atoms with Crippen LogP contribution in [0.3, 0.4) is 0 Å². The van der Waals surface area contributed by atoms with E-state index in [1.165, 1.54) is 18.2 Å². The number of benzene rings is 2. The molecule has 6 nitrogen and oxygen atoms in total. The molecule has 1 fully saturated rings. The summed E-state index contributed by atoms with van der Waals surface area (Å²) in [5.74, 6) is -0.299. The molecule has 1 aliphatic heterocycles. The maximum absolute atomic E-state index is 13.7. The number of amides is 1. The molecule has 3 rings (SSSR count). The van der Waals surface area contributed by atoms with Crippen molar-refractivity contribution in [2.75, 3.05) is 44.6 Å². The first-order valence-corrected chi connectivity index (χ1v) is 11.3. The van der Waals surface area contributed by atoms with Crippen molar-refractivity contribution < 1.29 is 22.7 Å². The van der Waals surface area contributed by atoms with Gasteiger partial charge in [-0.2, -0.15) is 18.4 Å². The summed E-state index contributed by atoms with van der Waals surface area (Å²) >= 11 is 3.23. The molecule has 33 heavy (non-hydrogen) atoms. The summed E-state index contributed by atoms with van der Waals surface area (Å²) in [6, 6.07) is 10.5. The summed E-state index contributed by atoms with van der Waals surface area (Å²) in [5, 5.41) is 11.5. The summed E-state index contributed by atoms with van der Waals surface area (Å²) in [5.41, 5.74) is -0.190. The molecule has 1 aliphatic rings. The number of carbonyl (C=O) groups is 1. The number of piperazine rings is 1. The van der Waals surface area contributed by atoms with Gasteiger partial charge in [0.15, 0.2) is 6.61 Å². The van der Waals surface area contributed by atoms with Gasteiger partial charge in [-0.1, -0.05) is 13.0 Å². The van der Waals surface area contributed by atoms with E-state index in [0.29, 0.717) is 28.9 Å². The van der Waals surface area contributed by atoms with Crippen LogP contribution in [0.2, 0.25) is 0 Å². The highest BCUT2D eigenvalue weighted by Crippen LogP contribution is 2.34. The summed E-state index contributed by atoms with van der Waals surface area (Å²) in [7, 11) is 0. The molecule has 0 spiro atoms. The van der Waals surface area contributed by atoms with Crippen molar-refractivity contribution in [1.82, 2.24) is 9.80 Å². The molecular weight excluding hydrogens is 501 g/mol. The fourth-order valence-corrected chi connectivity index (χ4v) is 3.92. The fraction of sp³-hybridized carbons (Fsp3) is 0.391. The molecule has 0 saturated carbocycles. The van der Waals surface area contributed by atoms with Gasteiger partial charge in [-0.3, -0.25) is 9.69 Å². The predicted octanol–water partition coefficient (Wildman–Crippen LogP) is 4.49. The molecule has 1 N–H and O–H groups in total. The van der Waals surface area contributed by atoms with E-state index >= 15 is 0 Å². The zero-order valence-electron chi connectivity index (χ0n) is 18.1. The molecule has 2 aromatic rings. The Labute approximate surface area is 199 Å². The Bertz CT molecular complexity index is 1030. The second kappa shape index (κ2) is 11.0. The van der Waals surface area contributed by atoms with E-state index < -0.39 is 24.3 Å². The van der Waals surface area contributed by atoms with Crippen molar-refractivity contribution in [2.24, 2.45) is 0 Å². The van der Waals surface area contributed by atoms with Crippen LogP contribution < -0.4 is 10.1 Å². The largest absolute Gasteiger partial charge is 0.484 e. The average molecular weight is 525 g/mol. The topological polar surface area (TPSA) is 68.6 Å². The molecular formula is C23H24BrF3N4O2. The van der Waals surface area contributed by atoms with Gasteiger partial charge >= 0.3 is 6.18 Å². The van der Waals surface area contributed by atoms with Gasteiger partial charge in [-0.25, -0.2) is 0 Å². The number of nitrogens with one attached hydrogen (secondary N) is 1. The lowest BCUT2D eigenvalue weighted by atomic mass is 10.0. The molecule has 0 unspecified atom stereocenters. The maximum Gasteiger partial charge on any atom is 0.416 e. The predicted molar refractivity (Wildman–Crippen MR) is 122 cm³/mol. The van der Waals surface area contributed by atoms with Crippen LogP contribution in [0.1, 0.15) is 23.6 Å². The third-order valence-corrected chi connectivity index (χ3v) is 6.12. The SMILES string of the molecule is CCN1CCN(Cc2ccc(NC(=O)COc3ccc(Br)c(C#N)c3)cc2C(F)(F)F)CC1. The van der Waals surface area contributed by atoms with Crippen LogP contribution in [0.5, 0.6) is 5.75 Å². The number of ether oxygens (including phenoxy) is 1. The fourth-order valence-electron chi connectivity index (χ4n) is 3.59. The van der Waals surface area contributed by atoms with Crippen LogP contribution >= 0.6 is 15.9 Å². The lowest BCUT2D eigenvalue weighted by molar-refractivity contribution is -0.138. The van der Waals surface area contributed by atoms with Crippen LogP contribution in [-0.4, -0.2) is 55.0 Å². The Morgan fingerprint density at radius 1 is 1.15 bits per heavy atom. The van der Waals surface area contributed by atoms with E-state index in [0.717, 1.165) is 25.7 Å². The smallest absolute Gasteiger partial charge is 0.416 e. The first-order valence-electron chi connectivity index (χ1n) is 10.5. The molecule has 0 bridgehead atoms. The number of carbonyl (C=O) groups excluding carboxylic acids is 1. The van der Waals surface area contributed by atoms with E-state index in [-0.39, 0.29) is 17.8 Å². The van der Waals surface area contributed by atoms with Crippen LogP contribution in [0.15, 0.2) is 40.9 Å². The van der Waals surface area contributed by atoms with Gasteiger partial charge in [-0.05, 0) is 58.4 Å². The normalized spacial score (nSPS) is 15.2. The van der Waals surface area contributed by atoms with Gasteiger partial charge in [0.25, 0.3) is 5.91 Å². The second-order valence-corrected chi connectivity index (χ2v) is 8.52. The Hall–Kier alpha value is -2.61. The van der Waals surface area contributed by atoms with E-state index in [1.54, 1.807) is 12.1 Å². The highest BCUT2D eigenvalue weighted by molar-refractivity contribution is 9.10. The van der Waals surface area contributed by atoms with Crippen molar-refractivity contribution in [3.8, 4) is 11.8 Å². The molecule has 1 saturated heterocycles. The maximum atomic E-state index is 13.7. The first kappa shape index (κ1) is 25.0. The Morgan fingerprint density at radius 2 is 1.85 bits per heavy atom. The van der Waals surface area contributed by atoms with Crippen LogP contribution in [0.25, 0.3) is 0 Å². The molecule has 1 heterocycles. The molecule has 176 valence electrons. The van der Waals surface area contributed by atoms with Gasteiger partial charge in [0.05, 0.1) is 11.1 Å². The lowest BCUT2D eigenvalue weighted by Crippen LogP contribution is -2.45. The monoisotopic (exact) mass is 524 g/mol. The molecule has 1 amide bonds. The van der Waals surface area contributed by atoms with Crippen molar-refractivity contribution >= 4 is 27.5 Å². The van der Waals surface area contributed by atoms with Gasteiger partial charge in [-0.15, -0.1) is 0 Å². The number of alkyl halides is 3. The highest BCUT2D eigenvalue weighted by Gasteiger charge is 2.34. The Morgan fingerprint density at radius 3 is 2.48 bits per heavy atom. The lowest BCUT2D eigenvalue weighted by Gasteiger charge is -2.34. The quantitative estimate of drug-likeness (QED) is 0.577. The molecule has 0 aromatic heterocycles. The number of halogens is 4. The minimum atomic E-state index is -4.54. The number of likely N-dealkylation sites (N-methyl/N-ethyl adjacent to an activating group) is 1. The van der Waals surface area contributed by atoms with E-state index in [9.17, 15) is 18.0 Å². The van der Waals surface area contributed by atoms with Gasteiger partial charge in [0, 0.05) is 42.9 Å². The standard InChI is InChI=1S/C23H24BrF3N4O2/c1-2-30-7-9-31(10-8-30)14-16-3-4-18(12-20(16)23(25,26)27)29-22(32)15-33-19-5-6-21(24)17(11-19)13-28/h3-6,11-12H,2,7-10,14-15H2,1H3,(H,29,32). The number of nitriles is 1. The van der Waals surface area contributed by atoms with E-state index in [4.69, 9.17) is 10.00 Å². The van der Waals surface area contributed by atoms with E-state index in [2.05, 4.69) is 33.1 Å². The summed E-state index contributed by atoms with van der Waals surface area (Å²) < 4.78 is 47.1. The minimum absolute atomic E-state index is 0.0454. The molecule has 0 atom stereocenters. The number of nitrogens with zero attached hydrogens (tertiary/aromatic N) is 3. The summed E-state index contributed by atoms with van der Waals surface area (Å²) in [6.45, 7) is 5.89. The minimum Gasteiger partial charge on any atom is -0.484 e. The number of hydrogen-bond acceptors (Lipinski definition) is 5. The third kappa shape index (κ3) is 6.93. The Balaban J connectivity index is 1.64. The van der Waals surface area contributed by atoms with Crippen molar-refractivity contribution in [3.05, 3.63) is 57.6 Å². The van der Waals surface area contributed by atoms with Gasteiger partial charge < -0.3 is 15.0 Å². The van der Waals surface area contributed by atoms with Crippen molar-refractivity contribution in [2.45, 2.75) is 19.6 Å². The number of anilines is 1. The van der Waals surface area contributed by atoms with Crippen LogP contribution in [0, 0.1) is 11.3 Å². The highest BCUT2D eigenvalue weighted by atomic mass is 79.9. The summed E-state index contributed by atoms with van der Waals surface area (Å²) in [4.78, 5) is 16.5. The van der Waals surface area contributed by atoms with Gasteiger partial charge in [0.2, 0.25) is 0 Å². The zero-order chi connectivity index (χ0) is 24.0. The number of hydrogen-bond donors (Lipinski definition) is 1. The summed E-state index contributed by atoms with van der Waals surface area (Å²) in [6.07, 6.45) is -4.54. The van der Waals surface area contributed by atoms with Crippen molar-refractivity contribution in [1.29, 1.82) is 5.26 Å².